The predicted molar refractivity (Wildman–Crippen MR) is 96.1 cm³/mol. The smallest absolute Gasteiger partial charge is 0.340 e. The lowest BCUT2D eigenvalue weighted by Gasteiger charge is -2.07. The number of pyridine rings is 1. The minimum atomic E-state index is -0.575. The monoisotopic (exact) mass is 347 g/mol. The lowest BCUT2D eigenvalue weighted by molar-refractivity contribution is 0.0474. The summed E-state index contributed by atoms with van der Waals surface area (Å²) in [5.41, 5.74) is 1.83. The Morgan fingerprint density at radius 2 is 1.62 bits per heavy atom. The first-order valence-electron chi connectivity index (χ1n) is 8.09. The highest BCUT2D eigenvalue weighted by atomic mass is 16.5. The highest BCUT2D eigenvalue weighted by Gasteiger charge is 2.12. The number of esters is 1. The Labute approximate surface area is 151 Å². The molecule has 5 heteroatoms. The van der Waals surface area contributed by atoms with Gasteiger partial charge in [-0.05, 0) is 42.0 Å². The van der Waals surface area contributed by atoms with E-state index in [1.807, 2.05) is 30.3 Å². The average Bonchev–Trinajstić information content (AvgIpc) is 2.72. The van der Waals surface area contributed by atoms with Crippen LogP contribution in [-0.4, -0.2) is 23.3 Å². The van der Waals surface area contributed by atoms with Crippen LogP contribution in [-0.2, 0) is 11.3 Å². The number of carbonyl (C=O) groups is 2. The Morgan fingerprint density at radius 3 is 2.31 bits per heavy atom. The molecule has 0 atom stereocenters. The van der Waals surface area contributed by atoms with Crippen molar-refractivity contribution in [1.29, 1.82) is 0 Å². The Balaban J connectivity index is 1.51. The van der Waals surface area contributed by atoms with Gasteiger partial charge >= 0.3 is 5.97 Å². The molecule has 3 rings (SSSR count). The summed E-state index contributed by atoms with van der Waals surface area (Å²) in [5.74, 6) is -0.191. The van der Waals surface area contributed by atoms with Gasteiger partial charge in [-0.1, -0.05) is 30.3 Å². The summed E-state index contributed by atoms with van der Waals surface area (Å²) in [6.07, 6.45) is 2.95. The van der Waals surface area contributed by atoms with Gasteiger partial charge in [-0.3, -0.25) is 9.78 Å². The maximum absolute atomic E-state index is 12.1. The van der Waals surface area contributed by atoms with E-state index in [0.717, 1.165) is 5.56 Å². The molecule has 0 radical (unpaired) electrons. The second-order valence-electron chi connectivity index (χ2n) is 5.54. The van der Waals surface area contributed by atoms with E-state index in [9.17, 15) is 9.59 Å². The first-order valence-corrected chi connectivity index (χ1v) is 8.09. The van der Waals surface area contributed by atoms with Crippen molar-refractivity contribution in [2.24, 2.45) is 0 Å². The van der Waals surface area contributed by atoms with Gasteiger partial charge in [-0.25, -0.2) is 4.79 Å². The van der Waals surface area contributed by atoms with Crippen molar-refractivity contribution in [2.75, 3.05) is 6.61 Å². The van der Waals surface area contributed by atoms with Gasteiger partial charge in [0.25, 0.3) is 0 Å². The third-order valence-electron chi connectivity index (χ3n) is 3.66. The molecule has 2 aromatic carbocycles. The number of hydrogen-bond donors (Lipinski definition) is 0. The molecule has 0 saturated heterocycles. The maximum Gasteiger partial charge on any atom is 0.340 e. The molecule has 130 valence electrons. The van der Waals surface area contributed by atoms with Crippen molar-refractivity contribution in [1.82, 2.24) is 4.98 Å². The quantitative estimate of drug-likeness (QED) is 0.482. The summed E-state index contributed by atoms with van der Waals surface area (Å²) >= 11 is 0. The second-order valence-corrected chi connectivity index (χ2v) is 5.54. The molecular formula is C21H17NO4. The van der Waals surface area contributed by atoms with Crippen LogP contribution in [0.3, 0.4) is 0 Å². The van der Waals surface area contributed by atoms with Crippen molar-refractivity contribution in [2.45, 2.75) is 6.61 Å². The Bertz CT molecular complexity index is 862. The highest BCUT2D eigenvalue weighted by Crippen LogP contribution is 2.15. The minimum Gasteiger partial charge on any atom is -0.489 e. The van der Waals surface area contributed by atoms with E-state index >= 15 is 0 Å². The van der Waals surface area contributed by atoms with E-state index in [1.54, 1.807) is 42.6 Å². The number of nitrogens with zero attached hydrogens (tertiary/aromatic N) is 1. The summed E-state index contributed by atoms with van der Waals surface area (Å²) < 4.78 is 10.7. The van der Waals surface area contributed by atoms with Gasteiger partial charge in [0.05, 0.1) is 5.56 Å². The largest absolute Gasteiger partial charge is 0.489 e. The number of benzene rings is 2. The Hall–Kier alpha value is -3.47. The van der Waals surface area contributed by atoms with Crippen LogP contribution in [0, 0.1) is 0 Å². The molecular weight excluding hydrogens is 330 g/mol. The van der Waals surface area contributed by atoms with Crippen LogP contribution >= 0.6 is 0 Å². The summed E-state index contributed by atoms with van der Waals surface area (Å²) in [7, 11) is 0. The first-order chi connectivity index (χ1) is 12.7. The minimum absolute atomic E-state index is 0.281. The zero-order valence-electron chi connectivity index (χ0n) is 14.0. The zero-order valence-corrected chi connectivity index (χ0v) is 14.0. The maximum atomic E-state index is 12.1. The van der Waals surface area contributed by atoms with Crippen molar-refractivity contribution >= 4 is 11.8 Å². The highest BCUT2D eigenvalue weighted by molar-refractivity contribution is 5.99. The van der Waals surface area contributed by atoms with E-state index in [-0.39, 0.29) is 12.4 Å². The van der Waals surface area contributed by atoms with Crippen LogP contribution < -0.4 is 4.74 Å². The van der Waals surface area contributed by atoms with E-state index < -0.39 is 5.97 Å². The van der Waals surface area contributed by atoms with Crippen LogP contribution in [0.5, 0.6) is 5.75 Å². The van der Waals surface area contributed by atoms with Gasteiger partial charge in [-0.2, -0.15) is 0 Å². The lowest BCUT2D eigenvalue weighted by Crippen LogP contribution is -2.14. The van der Waals surface area contributed by atoms with E-state index in [4.69, 9.17) is 9.47 Å². The van der Waals surface area contributed by atoms with Crippen molar-refractivity contribution in [3.05, 3.63) is 95.8 Å². The standard InChI is InChI=1S/C21H17NO4/c23-20(15-26-21(24)18-7-4-12-22-13-18)17-8-10-19(11-9-17)25-14-16-5-2-1-3-6-16/h1-13H,14-15H2. The number of Topliss-reactive ketones (excluding diaryl/α,β-unsaturated/α-hetero) is 1. The van der Waals surface area contributed by atoms with Crippen LogP contribution in [0.15, 0.2) is 79.1 Å². The second kappa shape index (κ2) is 8.58. The van der Waals surface area contributed by atoms with E-state index in [0.29, 0.717) is 23.5 Å². The van der Waals surface area contributed by atoms with Crippen LogP contribution in [0.4, 0.5) is 0 Å². The molecule has 0 N–H and O–H groups in total. The number of rotatable bonds is 7. The molecule has 0 spiro atoms. The lowest BCUT2D eigenvalue weighted by atomic mass is 10.1. The molecule has 0 saturated carbocycles. The van der Waals surface area contributed by atoms with Gasteiger partial charge in [0.1, 0.15) is 12.4 Å². The Kier molecular flexibility index (Phi) is 5.72. The number of carbonyl (C=O) groups excluding carboxylic acids is 2. The number of ether oxygens (including phenoxy) is 2. The van der Waals surface area contributed by atoms with Crippen molar-refractivity contribution < 1.29 is 19.1 Å². The van der Waals surface area contributed by atoms with Gasteiger partial charge < -0.3 is 9.47 Å². The SMILES string of the molecule is O=C(COC(=O)c1cccnc1)c1ccc(OCc2ccccc2)cc1. The fourth-order valence-electron chi connectivity index (χ4n) is 2.26. The van der Waals surface area contributed by atoms with Gasteiger partial charge in [-0.15, -0.1) is 0 Å². The van der Waals surface area contributed by atoms with Crippen LogP contribution in [0.2, 0.25) is 0 Å². The van der Waals surface area contributed by atoms with E-state index in [2.05, 4.69) is 4.98 Å². The van der Waals surface area contributed by atoms with Crippen molar-refractivity contribution in [3.8, 4) is 5.75 Å². The zero-order chi connectivity index (χ0) is 18.2. The molecule has 1 heterocycles. The number of hydrogen-bond acceptors (Lipinski definition) is 5. The molecule has 5 nitrogen and oxygen atoms in total. The number of ketones is 1. The third-order valence-corrected chi connectivity index (χ3v) is 3.66. The molecule has 26 heavy (non-hydrogen) atoms. The van der Waals surface area contributed by atoms with Crippen LogP contribution in [0.25, 0.3) is 0 Å². The Morgan fingerprint density at radius 1 is 0.846 bits per heavy atom. The molecule has 0 aliphatic carbocycles. The molecule has 0 amide bonds. The summed E-state index contributed by atoms with van der Waals surface area (Å²) in [5, 5.41) is 0. The predicted octanol–water partition coefficient (Wildman–Crippen LogP) is 3.70. The summed E-state index contributed by atoms with van der Waals surface area (Å²) in [6.45, 7) is 0.134. The topological polar surface area (TPSA) is 65.5 Å². The number of aromatic nitrogens is 1. The average molecular weight is 347 g/mol. The fourth-order valence-corrected chi connectivity index (χ4v) is 2.26. The normalized spacial score (nSPS) is 10.2. The molecule has 3 aromatic rings. The first kappa shape index (κ1) is 17.4. The summed E-state index contributed by atoms with van der Waals surface area (Å²) in [4.78, 5) is 27.8. The van der Waals surface area contributed by atoms with E-state index in [1.165, 1.54) is 6.20 Å². The third kappa shape index (κ3) is 4.77. The van der Waals surface area contributed by atoms with Gasteiger partial charge in [0.15, 0.2) is 12.4 Å². The molecule has 0 aliphatic rings. The van der Waals surface area contributed by atoms with Gasteiger partial charge in [0, 0.05) is 18.0 Å². The molecule has 0 bridgehead atoms. The van der Waals surface area contributed by atoms with Crippen LogP contribution in [0.1, 0.15) is 26.3 Å². The summed E-state index contributed by atoms with van der Waals surface area (Å²) in [6, 6.07) is 19.8. The molecule has 0 unspecified atom stereocenters. The van der Waals surface area contributed by atoms with Crippen molar-refractivity contribution in [3.63, 3.8) is 0 Å². The molecule has 1 aromatic heterocycles. The molecule has 0 fully saturated rings. The molecule has 0 aliphatic heterocycles. The van der Waals surface area contributed by atoms with Gasteiger partial charge in [0.2, 0.25) is 0 Å². The fraction of sp³-hybridized carbons (Fsp3) is 0.0952.